The number of ketones is 2. The average molecular weight is 799 g/mol. The monoisotopic (exact) mass is 798 g/mol. The fourth-order valence-electron chi connectivity index (χ4n) is 8.16. The highest BCUT2D eigenvalue weighted by Crippen LogP contribution is 2.53. The molecule has 0 spiro atoms. The number of rotatable bonds is 10. The van der Waals surface area contributed by atoms with Gasteiger partial charge in [0, 0.05) is 73.4 Å². The van der Waals surface area contributed by atoms with E-state index in [-0.39, 0.29) is 11.6 Å². The van der Waals surface area contributed by atoms with Crippen LogP contribution in [0.15, 0.2) is 170 Å². The van der Waals surface area contributed by atoms with Crippen molar-refractivity contribution in [2.24, 2.45) is 0 Å². The van der Waals surface area contributed by atoms with Crippen LogP contribution in [-0.4, -0.2) is 11.6 Å². The van der Waals surface area contributed by atoms with Gasteiger partial charge in [0.05, 0.1) is 0 Å². The van der Waals surface area contributed by atoms with E-state index in [0.717, 1.165) is 22.3 Å². The summed E-state index contributed by atoms with van der Waals surface area (Å²) in [5.41, 5.74) is 19.1. The molecule has 12 rings (SSSR count). The van der Waals surface area contributed by atoms with Gasteiger partial charge in [-0.2, -0.15) is 0 Å². The molecule has 4 heterocycles. The third-order valence-electron chi connectivity index (χ3n) is 11.3. The third-order valence-corrected chi connectivity index (χ3v) is 11.3. The van der Waals surface area contributed by atoms with Crippen molar-refractivity contribution in [3.05, 3.63) is 203 Å². The van der Waals surface area contributed by atoms with Crippen LogP contribution in [0.2, 0.25) is 0 Å². The van der Waals surface area contributed by atoms with Gasteiger partial charge in [-0.3, -0.25) is 9.59 Å². The minimum atomic E-state index is -0.757. The normalized spacial score (nSPS) is 12.0. The molecular weight excluding hydrogens is 761 g/mol. The Morgan fingerprint density at radius 2 is 0.852 bits per heavy atom. The Morgan fingerprint density at radius 1 is 0.459 bits per heavy atom. The fourth-order valence-corrected chi connectivity index (χ4v) is 8.16. The maximum atomic E-state index is 14.4. The van der Waals surface area contributed by atoms with Gasteiger partial charge in [-0.15, -0.1) is 0 Å². The molecule has 296 valence electrons. The molecule has 4 aliphatic heterocycles. The Balaban J connectivity index is 1.02. The van der Waals surface area contributed by atoms with Crippen molar-refractivity contribution >= 4 is 22.9 Å². The molecule has 8 aromatic carbocycles. The lowest BCUT2D eigenvalue weighted by atomic mass is 9.74. The van der Waals surface area contributed by atoms with E-state index >= 15 is 0 Å². The van der Waals surface area contributed by atoms with Crippen LogP contribution in [0.4, 0.5) is 11.4 Å². The molecule has 8 aromatic rings. The standard InChI is InChI=1S/C53H38N2O6/c1-53(2,45-27-25-43(47-31-9-17-39(18-10-31)60-51(45)47)49(56)33-13-21-37(22-14-33)58-41-7-3-5-35(54)29-41)46-28-26-44(48-32-11-19-40(20-12-32)61-52(46)48)50(57)34-15-23-38(24-16-34)59-42-8-4-6-36(55)30-42/h3-30H,54-55H2,1-2H3. The first-order valence-electron chi connectivity index (χ1n) is 19.9. The number of ether oxygens (including phenoxy) is 4. The maximum Gasteiger partial charge on any atom is 0.193 e. The number of anilines is 2. The van der Waals surface area contributed by atoms with Crippen molar-refractivity contribution in [1.29, 1.82) is 0 Å². The van der Waals surface area contributed by atoms with E-state index in [2.05, 4.69) is 13.8 Å². The summed E-state index contributed by atoms with van der Waals surface area (Å²) in [6, 6.07) is 51.8. The molecule has 8 nitrogen and oxygen atoms in total. The van der Waals surface area contributed by atoms with E-state index in [0.29, 0.717) is 90.8 Å². The largest absolute Gasteiger partial charge is 0.457 e. The van der Waals surface area contributed by atoms with Crippen molar-refractivity contribution in [3.63, 3.8) is 0 Å². The highest BCUT2D eigenvalue weighted by Gasteiger charge is 2.37. The zero-order valence-electron chi connectivity index (χ0n) is 33.3. The van der Waals surface area contributed by atoms with Crippen LogP contribution in [0.25, 0.3) is 22.3 Å². The predicted molar refractivity (Wildman–Crippen MR) is 238 cm³/mol. The number of nitrogens with two attached hydrogens (primary N) is 2. The molecular formula is C53H38N2O6. The molecule has 0 unspecified atom stereocenters. The summed E-state index contributed by atoms with van der Waals surface area (Å²) in [5.74, 6) is 4.55. The molecule has 8 heteroatoms. The van der Waals surface area contributed by atoms with E-state index in [9.17, 15) is 9.59 Å². The summed E-state index contributed by atoms with van der Waals surface area (Å²) in [6.07, 6.45) is 0. The summed E-state index contributed by atoms with van der Waals surface area (Å²) in [7, 11) is 0. The van der Waals surface area contributed by atoms with Crippen LogP contribution < -0.4 is 30.4 Å². The second kappa shape index (κ2) is 14.6. The molecule has 0 amide bonds. The molecule has 0 saturated heterocycles. The van der Waals surface area contributed by atoms with Gasteiger partial charge in [0.2, 0.25) is 0 Å². The van der Waals surface area contributed by atoms with Crippen molar-refractivity contribution in [2.45, 2.75) is 19.3 Å². The van der Waals surface area contributed by atoms with Crippen LogP contribution in [-0.2, 0) is 5.41 Å². The molecule has 0 radical (unpaired) electrons. The minimum Gasteiger partial charge on any atom is -0.457 e. The first kappa shape index (κ1) is 37.2. The lowest BCUT2D eigenvalue weighted by Gasteiger charge is -2.32. The maximum absolute atomic E-state index is 14.4. The number of fused-ring (bicyclic) bond motifs is 4. The first-order valence-corrected chi connectivity index (χ1v) is 19.9. The quantitative estimate of drug-likeness (QED) is 0.104. The van der Waals surface area contributed by atoms with Gasteiger partial charge < -0.3 is 30.4 Å². The number of carbonyl (C=O) groups excluding carboxylic acids is 2. The zero-order chi connectivity index (χ0) is 41.8. The summed E-state index contributed by atoms with van der Waals surface area (Å²) >= 11 is 0. The summed E-state index contributed by atoms with van der Waals surface area (Å²) in [4.78, 5) is 28.9. The number of hydrogen-bond donors (Lipinski definition) is 2. The van der Waals surface area contributed by atoms with Crippen LogP contribution >= 0.6 is 0 Å². The summed E-state index contributed by atoms with van der Waals surface area (Å²) in [5, 5.41) is 0. The molecule has 61 heavy (non-hydrogen) atoms. The molecule has 0 aliphatic carbocycles. The Bertz CT molecular complexity index is 2820. The first-order chi connectivity index (χ1) is 29.6. The van der Waals surface area contributed by atoms with Gasteiger partial charge in [0.15, 0.2) is 11.6 Å². The molecule has 4 N–H and O–H groups in total. The number of hydrogen-bond acceptors (Lipinski definition) is 8. The Labute approximate surface area is 352 Å². The number of carbonyl (C=O) groups is 2. The summed E-state index contributed by atoms with van der Waals surface area (Å²) in [6.45, 7) is 4.22. The van der Waals surface area contributed by atoms with Gasteiger partial charge in [-0.05, 0) is 120 Å². The van der Waals surface area contributed by atoms with E-state index in [1.54, 1.807) is 72.8 Å². The topological polar surface area (TPSA) is 123 Å². The van der Waals surface area contributed by atoms with E-state index in [4.69, 9.17) is 30.4 Å². The van der Waals surface area contributed by atoms with Crippen molar-refractivity contribution in [2.75, 3.05) is 11.5 Å². The van der Waals surface area contributed by atoms with Gasteiger partial charge in [-0.1, -0.05) is 62.4 Å². The SMILES string of the molecule is CC(C)(c1ccc(C(=O)c2ccc(Oc3cccc(N)c3)cc2)c2c1Oc1ccc-2cc1)c1ccc(C(=O)c2ccc(Oc3cccc(N)c3)cc2)c2c1Oc1ccc-2cc1. The van der Waals surface area contributed by atoms with Crippen LogP contribution in [0, 0.1) is 0 Å². The summed E-state index contributed by atoms with van der Waals surface area (Å²) < 4.78 is 25.4. The van der Waals surface area contributed by atoms with Crippen molar-refractivity contribution in [3.8, 4) is 68.2 Å². The van der Waals surface area contributed by atoms with E-state index < -0.39 is 5.41 Å². The average Bonchev–Trinajstić information content (AvgIpc) is 3.73. The highest BCUT2D eigenvalue weighted by molar-refractivity contribution is 6.15. The Morgan fingerprint density at radius 3 is 1.23 bits per heavy atom. The second-order valence-electron chi connectivity index (χ2n) is 15.7. The van der Waals surface area contributed by atoms with Crippen LogP contribution in [0.3, 0.4) is 0 Å². The fraction of sp³-hybridized carbons (Fsp3) is 0.0566. The number of nitrogen functional groups attached to an aromatic ring is 2. The molecule has 0 fully saturated rings. The van der Waals surface area contributed by atoms with Gasteiger partial charge in [0.1, 0.15) is 46.0 Å². The lowest BCUT2D eigenvalue weighted by Crippen LogP contribution is -2.22. The van der Waals surface area contributed by atoms with E-state index in [1.807, 2.05) is 97.1 Å². The molecule has 4 aliphatic rings. The van der Waals surface area contributed by atoms with Crippen molar-refractivity contribution < 1.29 is 28.5 Å². The van der Waals surface area contributed by atoms with E-state index in [1.165, 1.54) is 0 Å². The Hall–Kier alpha value is -8.10. The van der Waals surface area contributed by atoms with Crippen molar-refractivity contribution in [1.82, 2.24) is 0 Å². The van der Waals surface area contributed by atoms with Gasteiger partial charge >= 0.3 is 0 Å². The second-order valence-corrected chi connectivity index (χ2v) is 15.7. The highest BCUT2D eigenvalue weighted by atomic mass is 16.5. The van der Waals surface area contributed by atoms with Gasteiger partial charge in [0.25, 0.3) is 0 Å². The predicted octanol–water partition coefficient (Wildman–Crippen LogP) is 12.8. The van der Waals surface area contributed by atoms with Crippen LogP contribution in [0.5, 0.6) is 46.0 Å². The van der Waals surface area contributed by atoms with Crippen LogP contribution in [0.1, 0.15) is 56.8 Å². The lowest BCUT2D eigenvalue weighted by molar-refractivity contribution is 0.103. The number of benzene rings is 8. The molecule has 0 saturated carbocycles. The Kier molecular flexibility index (Phi) is 8.91. The smallest absolute Gasteiger partial charge is 0.193 e. The minimum absolute atomic E-state index is 0.157. The zero-order valence-corrected chi connectivity index (χ0v) is 33.3. The van der Waals surface area contributed by atoms with Gasteiger partial charge in [-0.25, -0.2) is 0 Å². The molecule has 0 aromatic heterocycles. The third kappa shape index (κ3) is 6.80. The molecule has 4 bridgehead atoms. The molecule has 0 atom stereocenters.